The Morgan fingerprint density at radius 3 is 2.58 bits per heavy atom. The Morgan fingerprint density at radius 2 is 1.84 bits per heavy atom. The number of rotatable bonds is 6. The summed E-state index contributed by atoms with van der Waals surface area (Å²) >= 11 is 0. The number of hydrogen-bond acceptors (Lipinski definition) is 4. The van der Waals surface area contributed by atoms with Crippen LogP contribution < -0.4 is 10.9 Å². The maximum Gasteiger partial charge on any atom is 0.259 e. The lowest BCUT2D eigenvalue weighted by Gasteiger charge is -2.28. The summed E-state index contributed by atoms with van der Waals surface area (Å²) in [7, 11) is 0. The van der Waals surface area contributed by atoms with E-state index in [2.05, 4.69) is 15.4 Å². The van der Waals surface area contributed by atoms with Gasteiger partial charge in [-0.2, -0.15) is 5.10 Å². The Morgan fingerprint density at radius 1 is 1.13 bits per heavy atom. The Labute approximate surface area is 178 Å². The highest BCUT2D eigenvalue weighted by atomic mass is 16.2. The highest BCUT2D eigenvalue weighted by Crippen LogP contribution is 2.18. The van der Waals surface area contributed by atoms with Gasteiger partial charge in [-0.05, 0) is 37.6 Å². The molecule has 158 valence electrons. The summed E-state index contributed by atoms with van der Waals surface area (Å²) in [4.78, 5) is 43.0. The first kappa shape index (κ1) is 20.3. The van der Waals surface area contributed by atoms with Crippen molar-refractivity contribution in [2.45, 2.75) is 26.3 Å². The summed E-state index contributed by atoms with van der Waals surface area (Å²) in [6, 6.07) is 15.4. The lowest BCUT2D eigenvalue weighted by atomic mass is 10.2. The molecule has 0 saturated heterocycles. The summed E-state index contributed by atoms with van der Waals surface area (Å²) in [6.45, 7) is 4.01. The van der Waals surface area contributed by atoms with Crippen LogP contribution in [0.2, 0.25) is 0 Å². The molecule has 1 atom stereocenters. The number of carbonyl (C=O) groups is 2. The quantitative estimate of drug-likeness (QED) is 0.504. The Balaban J connectivity index is 1.69. The van der Waals surface area contributed by atoms with E-state index in [0.29, 0.717) is 35.2 Å². The van der Waals surface area contributed by atoms with E-state index in [4.69, 9.17) is 0 Å². The molecule has 2 aromatic heterocycles. The Hall–Kier alpha value is -3.94. The number of benzene rings is 2. The molecule has 0 saturated carbocycles. The summed E-state index contributed by atoms with van der Waals surface area (Å²) < 4.78 is 1.54. The zero-order valence-corrected chi connectivity index (χ0v) is 17.3. The maximum absolute atomic E-state index is 13.4. The van der Waals surface area contributed by atoms with Crippen molar-refractivity contribution in [3.05, 3.63) is 76.7 Å². The van der Waals surface area contributed by atoms with E-state index in [1.165, 1.54) is 11.1 Å². The van der Waals surface area contributed by atoms with E-state index in [1.54, 1.807) is 41.8 Å². The van der Waals surface area contributed by atoms with Gasteiger partial charge in [0.2, 0.25) is 5.91 Å². The molecular formula is C23H23N5O3. The van der Waals surface area contributed by atoms with Crippen LogP contribution in [-0.4, -0.2) is 43.9 Å². The van der Waals surface area contributed by atoms with E-state index in [9.17, 15) is 14.4 Å². The predicted molar refractivity (Wildman–Crippen MR) is 119 cm³/mol. The molecule has 0 bridgehead atoms. The molecule has 0 radical (unpaired) electrons. The minimum Gasteiger partial charge on any atom is -0.327 e. The average Bonchev–Trinajstić information content (AvgIpc) is 3.21. The monoisotopic (exact) mass is 417 g/mol. The second kappa shape index (κ2) is 8.43. The van der Waals surface area contributed by atoms with Gasteiger partial charge in [0.25, 0.3) is 11.5 Å². The van der Waals surface area contributed by atoms with E-state index in [-0.39, 0.29) is 22.9 Å². The number of anilines is 1. The number of aromatic nitrogens is 3. The van der Waals surface area contributed by atoms with Crippen molar-refractivity contribution in [1.29, 1.82) is 0 Å². The zero-order valence-electron chi connectivity index (χ0n) is 17.3. The van der Waals surface area contributed by atoms with E-state index in [0.717, 1.165) is 0 Å². The number of H-pyrrole nitrogens is 1. The summed E-state index contributed by atoms with van der Waals surface area (Å²) in [5.41, 5.74) is 1.53. The molecule has 2 heterocycles. The number of nitrogens with one attached hydrogen (secondary N) is 2. The van der Waals surface area contributed by atoms with Crippen molar-refractivity contribution >= 4 is 34.1 Å². The molecular weight excluding hydrogens is 394 g/mol. The normalized spacial score (nSPS) is 12.1. The van der Waals surface area contributed by atoms with Crippen molar-refractivity contribution in [3.63, 3.8) is 0 Å². The summed E-state index contributed by atoms with van der Waals surface area (Å²) in [5, 5.41) is 7.65. The fourth-order valence-electron chi connectivity index (χ4n) is 3.61. The van der Waals surface area contributed by atoms with Gasteiger partial charge in [-0.15, -0.1) is 0 Å². The standard InChI is InChI=1S/C23H23N5O3/c1-3-13-27(15(2)21(29)25-16-9-5-4-6-10-16)23(31)18-14-24-28-19-12-8-7-11-17(19)22(30)26-20(18)28/h4-12,14-15H,3,13H2,1-2H3,(H,25,29)(H,26,30). The molecule has 8 nitrogen and oxygen atoms in total. The number of amides is 2. The number of nitrogens with zero attached hydrogens (tertiary/aromatic N) is 3. The lowest BCUT2D eigenvalue weighted by molar-refractivity contribution is -0.120. The molecule has 4 rings (SSSR count). The number of para-hydroxylation sites is 2. The maximum atomic E-state index is 13.4. The number of aromatic amines is 1. The molecule has 2 N–H and O–H groups in total. The third-order valence-electron chi connectivity index (χ3n) is 5.22. The van der Waals surface area contributed by atoms with E-state index >= 15 is 0 Å². The van der Waals surface area contributed by atoms with Crippen molar-refractivity contribution in [3.8, 4) is 0 Å². The zero-order chi connectivity index (χ0) is 22.0. The van der Waals surface area contributed by atoms with Crippen LogP contribution >= 0.6 is 0 Å². The van der Waals surface area contributed by atoms with Crippen LogP contribution in [-0.2, 0) is 4.79 Å². The van der Waals surface area contributed by atoms with Gasteiger partial charge in [0.05, 0.1) is 17.1 Å². The molecule has 2 aromatic carbocycles. The Kier molecular flexibility index (Phi) is 5.53. The van der Waals surface area contributed by atoms with Gasteiger partial charge in [0.15, 0.2) is 0 Å². The minimum atomic E-state index is -0.713. The smallest absolute Gasteiger partial charge is 0.259 e. The fourth-order valence-corrected chi connectivity index (χ4v) is 3.61. The third-order valence-corrected chi connectivity index (χ3v) is 5.22. The lowest BCUT2D eigenvalue weighted by Crippen LogP contribution is -2.46. The molecule has 1 unspecified atom stereocenters. The average molecular weight is 417 g/mol. The van der Waals surface area contributed by atoms with Crippen LogP contribution in [0.5, 0.6) is 0 Å². The fraction of sp³-hybridized carbons (Fsp3) is 0.217. The molecule has 0 spiro atoms. The number of hydrogen-bond donors (Lipinski definition) is 2. The SMILES string of the molecule is CCCN(C(=O)c1cnn2c1[nH]c(=O)c1ccccc12)C(C)C(=O)Nc1ccccc1. The largest absolute Gasteiger partial charge is 0.327 e. The summed E-state index contributed by atoms with van der Waals surface area (Å²) in [5.74, 6) is -0.651. The number of carbonyl (C=O) groups excluding carboxylic acids is 2. The molecule has 8 heteroatoms. The van der Waals surface area contributed by atoms with Crippen molar-refractivity contribution in [2.75, 3.05) is 11.9 Å². The van der Waals surface area contributed by atoms with Gasteiger partial charge in [-0.25, -0.2) is 4.52 Å². The summed E-state index contributed by atoms with van der Waals surface area (Å²) in [6.07, 6.45) is 2.11. The van der Waals surface area contributed by atoms with Gasteiger partial charge in [0, 0.05) is 12.2 Å². The van der Waals surface area contributed by atoms with Crippen LogP contribution in [0.15, 0.2) is 65.6 Å². The molecule has 31 heavy (non-hydrogen) atoms. The van der Waals surface area contributed by atoms with Crippen LogP contribution in [0.25, 0.3) is 16.6 Å². The first-order chi connectivity index (χ1) is 15.0. The predicted octanol–water partition coefficient (Wildman–Crippen LogP) is 3.06. The van der Waals surface area contributed by atoms with Gasteiger partial charge < -0.3 is 15.2 Å². The second-order valence-electron chi connectivity index (χ2n) is 7.32. The third kappa shape index (κ3) is 3.79. The van der Waals surface area contributed by atoms with Crippen molar-refractivity contribution in [2.24, 2.45) is 0 Å². The van der Waals surface area contributed by atoms with Crippen LogP contribution in [0.1, 0.15) is 30.6 Å². The van der Waals surface area contributed by atoms with Gasteiger partial charge in [-0.3, -0.25) is 14.4 Å². The van der Waals surface area contributed by atoms with Crippen molar-refractivity contribution in [1.82, 2.24) is 19.5 Å². The van der Waals surface area contributed by atoms with Gasteiger partial charge in [-0.1, -0.05) is 37.3 Å². The molecule has 2 amide bonds. The van der Waals surface area contributed by atoms with E-state index < -0.39 is 6.04 Å². The van der Waals surface area contributed by atoms with E-state index in [1.807, 2.05) is 31.2 Å². The Bertz CT molecular complexity index is 1310. The van der Waals surface area contributed by atoms with Gasteiger partial charge >= 0.3 is 0 Å². The van der Waals surface area contributed by atoms with Crippen LogP contribution in [0.4, 0.5) is 5.69 Å². The molecule has 0 aliphatic rings. The van der Waals surface area contributed by atoms with Gasteiger partial charge in [0.1, 0.15) is 17.3 Å². The van der Waals surface area contributed by atoms with Crippen LogP contribution in [0, 0.1) is 0 Å². The molecule has 0 aliphatic heterocycles. The molecule has 0 fully saturated rings. The topological polar surface area (TPSA) is 99.6 Å². The minimum absolute atomic E-state index is 0.246. The van der Waals surface area contributed by atoms with Crippen LogP contribution in [0.3, 0.4) is 0 Å². The molecule has 4 aromatic rings. The highest BCUT2D eigenvalue weighted by Gasteiger charge is 2.29. The van der Waals surface area contributed by atoms with Crippen molar-refractivity contribution < 1.29 is 9.59 Å². The number of fused-ring (bicyclic) bond motifs is 3. The molecule has 0 aliphatic carbocycles. The first-order valence-corrected chi connectivity index (χ1v) is 10.2. The highest BCUT2D eigenvalue weighted by molar-refractivity contribution is 6.04. The second-order valence-corrected chi connectivity index (χ2v) is 7.32. The first-order valence-electron chi connectivity index (χ1n) is 10.2.